The molecule has 0 aromatic carbocycles. The second-order valence-electron chi connectivity index (χ2n) is 7.86. The van der Waals surface area contributed by atoms with Crippen LogP contribution in [0.5, 0.6) is 0 Å². The molecule has 4 heterocycles. The van der Waals surface area contributed by atoms with Gasteiger partial charge in [0.2, 0.25) is 0 Å². The molecule has 0 aliphatic carbocycles. The van der Waals surface area contributed by atoms with Gasteiger partial charge in [0.05, 0.1) is 27.2 Å². The summed E-state index contributed by atoms with van der Waals surface area (Å²) in [5, 5.41) is 2.91. The quantitative estimate of drug-likeness (QED) is 0.652. The second kappa shape index (κ2) is 9.78. The first-order valence-corrected chi connectivity index (χ1v) is 12.3. The molecule has 1 fully saturated rings. The van der Waals surface area contributed by atoms with Crippen molar-refractivity contribution < 1.29 is 23.9 Å². The van der Waals surface area contributed by atoms with Crippen LogP contribution in [0.2, 0.25) is 4.34 Å². The van der Waals surface area contributed by atoms with E-state index >= 15 is 0 Å². The SMILES string of the molecule is COC(=O)O[C@H]1C[C@@H](NC(=O)c2ccc(Cl)s2)CN1C(=O)c1cc2c(s1)CCN(C)CC2. The van der Waals surface area contributed by atoms with E-state index in [0.29, 0.717) is 14.1 Å². The number of thiophene rings is 2. The van der Waals surface area contributed by atoms with Crippen molar-refractivity contribution >= 4 is 52.2 Å². The van der Waals surface area contributed by atoms with Crippen LogP contribution < -0.4 is 5.32 Å². The zero-order chi connectivity index (χ0) is 22.8. The molecule has 4 rings (SSSR count). The summed E-state index contributed by atoms with van der Waals surface area (Å²) in [5.74, 6) is -0.480. The Labute approximate surface area is 199 Å². The molecule has 0 saturated carbocycles. The van der Waals surface area contributed by atoms with Gasteiger partial charge in [0.1, 0.15) is 0 Å². The molecular weight excluding hydrogens is 474 g/mol. The van der Waals surface area contributed by atoms with Crippen LogP contribution in [0.25, 0.3) is 0 Å². The fourth-order valence-electron chi connectivity index (χ4n) is 3.93. The first-order chi connectivity index (χ1) is 15.3. The summed E-state index contributed by atoms with van der Waals surface area (Å²) < 4.78 is 10.5. The number of ether oxygens (including phenoxy) is 2. The normalized spacial score (nSPS) is 21.0. The average molecular weight is 498 g/mol. The summed E-state index contributed by atoms with van der Waals surface area (Å²) in [6.07, 6.45) is 0.407. The van der Waals surface area contributed by atoms with Crippen molar-refractivity contribution in [1.82, 2.24) is 15.1 Å². The third kappa shape index (κ3) is 5.09. The minimum Gasteiger partial charge on any atom is -0.438 e. The van der Waals surface area contributed by atoms with Crippen LogP contribution in [-0.4, -0.2) is 73.8 Å². The largest absolute Gasteiger partial charge is 0.509 e. The van der Waals surface area contributed by atoms with E-state index in [0.717, 1.165) is 25.9 Å². The molecule has 2 aliphatic rings. The highest BCUT2D eigenvalue weighted by atomic mass is 35.5. The number of rotatable bonds is 4. The molecule has 2 aliphatic heterocycles. The van der Waals surface area contributed by atoms with Crippen LogP contribution in [0.4, 0.5) is 4.79 Å². The molecule has 0 bridgehead atoms. The van der Waals surface area contributed by atoms with Crippen molar-refractivity contribution in [3.63, 3.8) is 0 Å². The lowest BCUT2D eigenvalue weighted by atomic mass is 10.1. The number of carbonyl (C=O) groups is 3. The van der Waals surface area contributed by atoms with Crippen LogP contribution >= 0.6 is 34.3 Å². The van der Waals surface area contributed by atoms with Crippen LogP contribution in [-0.2, 0) is 22.3 Å². The molecule has 0 radical (unpaired) electrons. The summed E-state index contributed by atoms with van der Waals surface area (Å²) in [7, 11) is 3.32. The topological polar surface area (TPSA) is 88.2 Å². The standard InChI is InChI=1S/C21H24ClN3O5S2/c1-24-7-5-12-9-16(31-14(12)6-8-24)20(27)25-11-13(10-18(25)30-21(28)29-2)23-19(26)15-3-4-17(22)32-15/h3-4,9,13,18H,5-8,10-11H2,1-2H3,(H,23,26)/t13-,18+/m1/s1. The van der Waals surface area contributed by atoms with E-state index < -0.39 is 12.4 Å². The Morgan fingerprint density at radius 1 is 1.16 bits per heavy atom. The highest BCUT2D eigenvalue weighted by Crippen LogP contribution is 2.30. The average Bonchev–Trinajstić information content (AvgIpc) is 3.46. The zero-order valence-corrected chi connectivity index (χ0v) is 20.1. The Morgan fingerprint density at radius 2 is 1.94 bits per heavy atom. The van der Waals surface area contributed by atoms with Crippen molar-refractivity contribution in [3.8, 4) is 0 Å². The Bertz CT molecular complexity index is 997. The van der Waals surface area contributed by atoms with Gasteiger partial charge < -0.3 is 19.7 Å². The fraction of sp³-hybridized carbons (Fsp3) is 0.476. The highest BCUT2D eigenvalue weighted by molar-refractivity contribution is 7.18. The van der Waals surface area contributed by atoms with E-state index in [1.807, 2.05) is 6.07 Å². The van der Waals surface area contributed by atoms with E-state index in [4.69, 9.17) is 16.3 Å². The van der Waals surface area contributed by atoms with Crippen molar-refractivity contribution in [2.75, 3.05) is 33.8 Å². The molecule has 2 amide bonds. The van der Waals surface area contributed by atoms with Gasteiger partial charge in [-0.2, -0.15) is 0 Å². The van der Waals surface area contributed by atoms with Gasteiger partial charge in [0.25, 0.3) is 11.8 Å². The van der Waals surface area contributed by atoms with Gasteiger partial charge >= 0.3 is 6.16 Å². The first-order valence-electron chi connectivity index (χ1n) is 10.3. The maximum absolute atomic E-state index is 13.4. The van der Waals surface area contributed by atoms with Crippen LogP contribution in [0.15, 0.2) is 18.2 Å². The number of likely N-dealkylation sites (tertiary alicyclic amines) is 1. The molecule has 11 heteroatoms. The number of halogens is 1. The molecular formula is C21H24ClN3O5S2. The second-order valence-corrected chi connectivity index (χ2v) is 10.7. The monoisotopic (exact) mass is 497 g/mol. The summed E-state index contributed by atoms with van der Waals surface area (Å²) >= 11 is 8.60. The number of fused-ring (bicyclic) bond motifs is 1. The fourth-order valence-corrected chi connectivity index (χ4v) is 6.04. The van der Waals surface area contributed by atoms with Crippen molar-refractivity contribution in [1.29, 1.82) is 0 Å². The van der Waals surface area contributed by atoms with Gasteiger partial charge in [0.15, 0.2) is 6.23 Å². The van der Waals surface area contributed by atoms with Crippen molar-refractivity contribution in [3.05, 3.63) is 42.7 Å². The predicted octanol–water partition coefficient (Wildman–Crippen LogP) is 3.25. The number of methoxy groups -OCH3 is 1. The van der Waals surface area contributed by atoms with E-state index in [1.165, 1.54) is 45.1 Å². The predicted molar refractivity (Wildman–Crippen MR) is 123 cm³/mol. The van der Waals surface area contributed by atoms with Gasteiger partial charge in [-0.15, -0.1) is 22.7 Å². The molecule has 32 heavy (non-hydrogen) atoms. The summed E-state index contributed by atoms with van der Waals surface area (Å²) in [6.45, 7) is 2.15. The molecule has 2 atom stereocenters. The van der Waals surface area contributed by atoms with Gasteiger partial charge in [0, 0.05) is 30.9 Å². The number of nitrogens with one attached hydrogen (secondary N) is 1. The smallest absolute Gasteiger partial charge is 0.438 e. The summed E-state index contributed by atoms with van der Waals surface area (Å²) in [6, 6.07) is 4.90. The third-order valence-corrected chi connectivity index (χ3v) is 8.09. The zero-order valence-electron chi connectivity index (χ0n) is 17.8. The molecule has 1 saturated heterocycles. The Morgan fingerprint density at radius 3 is 2.66 bits per heavy atom. The maximum Gasteiger partial charge on any atom is 0.509 e. The highest BCUT2D eigenvalue weighted by Gasteiger charge is 2.40. The van der Waals surface area contributed by atoms with Crippen LogP contribution in [0.3, 0.4) is 0 Å². The Kier molecular flexibility index (Phi) is 7.04. The van der Waals surface area contributed by atoms with E-state index in [2.05, 4.69) is 22.0 Å². The molecule has 1 N–H and O–H groups in total. The minimum atomic E-state index is -0.866. The summed E-state index contributed by atoms with van der Waals surface area (Å²) in [4.78, 5) is 43.8. The third-order valence-electron chi connectivity index (χ3n) is 5.63. The minimum absolute atomic E-state index is 0.207. The van der Waals surface area contributed by atoms with E-state index in [9.17, 15) is 14.4 Å². The van der Waals surface area contributed by atoms with Crippen LogP contribution in [0, 0.1) is 0 Å². The maximum atomic E-state index is 13.4. The van der Waals surface area contributed by atoms with Gasteiger partial charge in [-0.3, -0.25) is 14.5 Å². The van der Waals surface area contributed by atoms with E-state index in [1.54, 1.807) is 12.1 Å². The molecule has 172 valence electrons. The molecule has 0 unspecified atom stereocenters. The number of carbonyl (C=O) groups excluding carboxylic acids is 3. The number of hydrogen-bond acceptors (Lipinski definition) is 8. The van der Waals surface area contributed by atoms with Crippen molar-refractivity contribution in [2.45, 2.75) is 31.5 Å². The lowest BCUT2D eigenvalue weighted by Crippen LogP contribution is -2.40. The van der Waals surface area contributed by atoms with E-state index in [-0.39, 0.29) is 30.8 Å². The van der Waals surface area contributed by atoms with Crippen molar-refractivity contribution in [2.24, 2.45) is 0 Å². The molecule has 8 nitrogen and oxygen atoms in total. The molecule has 2 aromatic rings. The first kappa shape index (κ1) is 23.0. The van der Waals surface area contributed by atoms with Gasteiger partial charge in [-0.25, -0.2) is 4.79 Å². The molecule has 2 aromatic heterocycles. The van der Waals surface area contributed by atoms with Gasteiger partial charge in [-0.1, -0.05) is 11.6 Å². The molecule has 0 spiro atoms. The lowest BCUT2D eigenvalue weighted by Gasteiger charge is -2.23. The summed E-state index contributed by atoms with van der Waals surface area (Å²) in [5.41, 5.74) is 1.20. The lowest BCUT2D eigenvalue weighted by molar-refractivity contribution is -0.0145. The number of nitrogens with zero attached hydrogens (tertiary/aromatic N) is 2. The number of amides is 2. The van der Waals surface area contributed by atoms with Gasteiger partial charge in [-0.05, 0) is 43.7 Å². The number of likely N-dealkylation sites (N-methyl/N-ethyl adjacent to an activating group) is 1. The van der Waals surface area contributed by atoms with Crippen LogP contribution in [0.1, 0.15) is 36.2 Å². The number of hydrogen-bond donors (Lipinski definition) is 1. The Balaban J connectivity index is 1.49. The Hall–Kier alpha value is -2.14.